The number of aliphatic hydroxyl groups is 1. The number of aromatic nitrogens is 2. The highest BCUT2D eigenvalue weighted by molar-refractivity contribution is 6.34. The second kappa shape index (κ2) is 3.52. The average Bonchev–Trinajstić information content (AvgIpc) is 2.19. The molecule has 1 N–H and O–H groups in total. The van der Waals surface area contributed by atoms with Crippen molar-refractivity contribution < 1.29 is 5.11 Å². The van der Waals surface area contributed by atoms with Crippen molar-refractivity contribution in [3.05, 3.63) is 34.7 Å². The van der Waals surface area contributed by atoms with Crippen molar-refractivity contribution in [3.8, 4) is 0 Å². The summed E-state index contributed by atoms with van der Waals surface area (Å²) in [4.78, 5) is 7.98. The van der Waals surface area contributed by atoms with E-state index in [0.717, 1.165) is 22.0 Å². The highest BCUT2D eigenvalue weighted by atomic mass is 35.5. The van der Waals surface area contributed by atoms with Crippen molar-refractivity contribution in [2.45, 2.75) is 13.5 Å². The monoisotopic (exact) mass is 208 g/mol. The molecule has 14 heavy (non-hydrogen) atoms. The first-order chi connectivity index (χ1) is 6.72. The van der Waals surface area contributed by atoms with E-state index in [1.165, 1.54) is 6.33 Å². The lowest BCUT2D eigenvalue weighted by molar-refractivity contribution is 0.281. The molecule has 1 heterocycles. The Bertz CT molecular complexity index is 485. The predicted octanol–water partition coefficient (Wildman–Crippen LogP) is 2.08. The molecule has 3 nitrogen and oxygen atoms in total. The Balaban J connectivity index is 2.79. The molecule has 0 amide bonds. The molecule has 0 spiro atoms. The number of aliphatic hydroxyl groups excluding tert-OH is 1. The van der Waals surface area contributed by atoms with Gasteiger partial charge in [-0.1, -0.05) is 11.6 Å². The van der Waals surface area contributed by atoms with Crippen molar-refractivity contribution in [3.63, 3.8) is 0 Å². The first-order valence-electron chi connectivity index (χ1n) is 4.23. The zero-order valence-corrected chi connectivity index (χ0v) is 8.41. The molecule has 0 aliphatic heterocycles. The fraction of sp³-hybridized carbons (Fsp3) is 0.200. The zero-order valence-electron chi connectivity index (χ0n) is 7.66. The molecule has 0 radical (unpaired) electrons. The van der Waals surface area contributed by atoms with Crippen LogP contribution in [0, 0.1) is 6.92 Å². The maximum Gasteiger partial charge on any atom is 0.140 e. The Kier molecular flexibility index (Phi) is 2.35. The van der Waals surface area contributed by atoms with Crippen LogP contribution in [0.3, 0.4) is 0 Å². The Morgan fingerprint density at radius 1 is 1.36 bits per heavy atom. The molecule has 0 saturated carbocycles. The Hall–Kier alpha value is -1.19. The fourth-order valence-electron chi connectivity index (χ4n) is 1.39. The maximum absolute atomic E-state index is 9.07. The van der Waals surface area contributed by atoms with E-state index in [0.29, 0.717) is 5.15 Å². The van der Waals surface area contributed by atoms with Crippen LogP contribution in [0.15, 0.2) is 18.5 Å². The number of hydrogen-bond acceptors (Lipinski definition) is 3. The van der Waals surface area contributed by atoms with Gasteiger partial charge in [0, 0.05) is 5.39 Å². The molecule has 0 aliphatic carbocycles. The highest BCUT2D eigenvalue weighted by Crippen LogP contribution is 2.22. The normalized spacial score (nSPS) is 10.8. The summed E-state index contributed by atoms with van der Waals surface area (Å²) in [7, 11) is 0. The van der Waals surface area contributed by atoms with Crippen molar-refractivity contribution >= 4 is 22.5 Å². The van der Waals surface area contributed by atoms with E-state index in [-0.39, 0.29) is 6.61 Å². The summed E-state index contributed by atoms with van der Waals surface area (Å²) < 4.78 is 0. The number of nitrogens with zero attached hydrogens (tertiary/aromatic N) is 2. The van der Waals surface area contributed by atoms with Crippen molar-refractivity contribution in [1.82, 2.24) is 9.97 Å². The third kappa shape index (κ3) is 1.45. The number of benzene rings is 1. The smallest absolute Gasteiger partial charge is 0.140 e. The van der Waals surface area contributed by atoms with E-state index in [1.807, 2.05) is 19.1 Å². The van der Waals surface area contributed by atoms with Crippen LogP contribution in [0.25, 0.3) is 10.9 Å². The van der Waals surface area contributed by atoms with Gasteiger partial charge < -0.3 is 5.11 Å². The number of rotatable bonds is 1. The summed E-state index contributed by atoms with van der Waals surface area (Å²) >= 11 is 5.91. The van der Waals surface area contributed by atoms with Gasteiger partial charge >= 0.3 is 0 Å². The SMILES string of the molecule is Cc1cc2c(Cl)ncnc2cc1CO. The largest absolute Gasteiger partial charge is 0.392 e. The van der Waals surface area contributed by atoms with Crippen LogP contribution in [0.5, 0.6) is 0 Å². The minimum absolute atomic E-state index is 0.0173. The maximum atomic E-state index is 9.07. The van der Waals surface area contributed by atoms with Gasteiger partial charge in [0.15, 0.2) is 0 Å². The minimum atomic E-state index is 0.0173. The highest BCUT2D eigenvalue weighted by Gasteiger charge is 2.04. The quantitative estimate of drug-likeness (QED) is 0.730. The van der Waals surface area contributed by atoms with Gasteiger partial charge in [0.2, 0.25) is 0 Å². The van der Waals surface area contributed by atoms with Gasteiger partial charge in [0.05, 0.1) is 12.1 Å². The van der Waals surface area contributed by atoms with Gasteiger partial charge in [-0.2, -0.15) is 0 Å². The van der Waals surface area contributed by atoms with Gasteiger partial charge in [-0.05, 0) is 30.2 Å². The molecule has 0 fully saturated rings. The van der Waals surface area contributed by atoms with E-state index < -0.39 is 0 Å². The van der Waals surface area contributed by atoms with Crippen LogP contribution in [0.2, 0.25) is 5.15 Å². The topological polar surface area (TPSA) is 46.0 Å². The standard InChI is InChI=1S/C10H9ClN2O/c1-6-2-8-9(3-7(6)4-14)12-5-13-10(8)11/h2-3,5,14H,4H2,1H3. The molecule has 0 unspecified atom stereocenters. The van der Waals surface area contributed by atoms with Crippen LogP contribution in [-0.4, -0.2) is 15.1 Å². The van der Waals surface area contributed by atoms with Gasteiger partial charge in [0.25, 0.3) is 0 Å². The lowest BCUT2D eigenvalue weighted by Gasteiger charge is -2.05. The average molecular weight is 209 g/mol. The van der Waals surface area contributed by atoms with Gasteiger partial charge in [-0.3, -0.25) is 0 Å². The lowest BCUT2D eigenvalue weighted by atomic mass is 10.1. The fourth-order valence-corrected chi connectivity index (χ4v) is 1.59. The summed E-state index contributed by atoms with van der Waals surface area (Å²) in [6.45, 7) is 1.94. The first-order valence-corrected chi connectivity index (χ1v) is 4.61. The Morgan fingerprint density at radius 3 is 2.86 bits per heavy atom. The van der Waals surface area contributed by atoms with E-state index in [4.69, 9.17) is 16.7 Å². The lowest BCUT2D eigenvalue weighted by Crippen LogP contribution is -1.91. The molecule has 2 aromatic rings. The Morgan fingerprint density at radius 2 is 2.14 bits per heavy atom. The molecule has 72 valence electrons. The number of fused-ring (bicyclic) bond motifs is 1. The summed E-state index contributed by atoms with van der Waals surface area (Å²) in [6, 6.07) is 3.72. The molecule has 4 heteroatoms. The molecular weight excluding hydrogens is 200 g/mol. The second-order valence-corrected chi connectivity index (χ2v) is 3.48. The van der Waals surface area contributed by atoms with Crippen LogP contribution in [-0.2, 0) is 6.61 Å². The van der Waals surface area contributed by atoms with Crippen molar-refractivity contribution in [1.29, 1.82) is 0 Å². The second-order valence-electron chi connectivity index (χ2n) is 3.12. The van der Waals surface area contributed by atoms with Crippen LogP contribution in [0.4, 0.5) is 0 Å². The molecule has 1 aromatic carbocycles. The van der Waals surface area contributed by atoms with Crippen molar-refractivity contribution in [2.24, 2.45) is 0 Å². The van der Waals surface area contributed by atoms with Gasteiger partial charge in [-0.25, -0.2) is 9.97 Å². The number of aryl methyl sites for hydroxylation is 1. The predicted molar refractivity (Wildman–Crippen MR) is 55.2 cm³/mol. The van der Waals surface area contributed by atoms with Crippen molar-refractivity contribution in [2.75, 3.05) is 0 Å². The molecule has 1 aromatic heterocycles. The molecule has 0 bridgehead atoms. The Labute approximate surface area is 86.4 Å². The third-order valence-corrected chi connectivity index (χ3v) is 2.52. The summed E-state index contributed by atoms with van der Waals surface area (Å²) in [5, 5.41) is 10.3. The van der Waals surface area contributed by atoms with E-state index >= 15 is 0 Å². The van der Waals surface area contributed by atoms with Crippen LogP contribution >= 0.6 is 11.6 Å². The summed E-state index contributed by atoms with van der Waals surface area (Å²) in [5.41, 5.74) is 2.63. The van der Waals surface area contributed by atoms with E-state index in [9.17, 15) is 0 Å². The summed E-state index contributed by atoms with van der Waals surface area (Å²) in [6.07, 6.45) is 1.42. The van der Waals surface area contributed by atoms with E-state index in [2.05, 4.69) is 9.97 Å². The molecule has 0 aliphatic rings. The van der Waals surface area contributed by atoms with Gasteiger partial charge in [-0.15, -0.1) is 0 Å². The molecular formula is C10H9ClN2O. The van der Waals surface area contributed by atoms with Crippen LogP contribution in [0.1, 0.15) is 11.1 Å². The zero-order chi connectivity index (χ0) is 10.1. The first kappa shape index (κ1) is 9.37. The summed E-state index contributed by atoms with van der Waals surface area (Å²) in [5.74, 6) is 0. The van der Waals surface area contributed by atoms with Gasteiger partial charge in [0.1, 0.15) is 11.5 Å². The van der Waals surface area contributed by atoms with Crippen LogP contribution < -0.4 is 0 Å². The van der Waals surface area contributed by atoms with E-state index in [1.54, 1.807) is 0 Å². The number of halogens is 1. The third-order valence-electron chi connectivity index (χ3n) is 2.21. The minimum Gasteiger partial charge on any atom is -0.392 e. The number of hydrogen-bond donors (Lipinski definition) is 1. The molecule has 2 rings (SSSR count). The molecule has 0 saturated heterocycles. The molecule has 0 atom stereocenters.